The maximum Gasteiger partial charge on any atom is 0.223 e. The van der Waals surface area contributed by atoms with Gasteiger partial charge in [0.05, 0.1) is 6.04 Å². The van der Waals surface area contributed by atoms with Crippen LogP contribution in [0.15, 0.2) is 24.3 Å². The Hall–Kier alpha value is -1.06. The molecule has 1 aliphatic rings. The molecule has 4 heteroatoms. The lowest BCUT2D eigenvalue weighted by molar-refractivity contribution is -0.126. The van der Waals surface area contributed by atoms with Gasteiger partial charge in [0.15, 0.2) is 0 Å². The van der Waals surface area contributed by atoms with E-state index in [9.17, 15) is 4.79 Å². The molecule has 0 spiro atoms. The molecular weight excluding hydrogens is 272 g/mol. The van der Waals surface area contributed by atoms with E-state index < -0.39 is 0 Å². The quantitative estimate of drug-likeness (QED) is 0.895. The fraction of sp³-hybridized carbons (Fsp3) is 0.562. The molecule has 3 N–H and O–H groups in total. The molecule has 1 aliphatic carbocycles. The first-order chi connectivity index (χ1) is 9.60. The molecule has 1 fully saturated rings. The molecule has 1 saturated carbocycles. The first-order valence-corrected chi connectivity index (χ1v) is 7.74. The summed E-state index contributed by atoms with van der Waals surface area (Å²) in [5.74, 6) is 0.900. The molecule has 1 aromatic carbocycles. The molecule has 0 heterocycles. The highest BCUT2D eigenvalue weighted by atomic mass is 35.5. The Bertz CT molecular complexity index is 456. The number of nitrogens with two attached hydrogens (primary N) is 1. The van der Waals surface area contributed by atoms with Crippen LogP contribution in [0, 0.1) is 11.8 Å². The average Bonchev–Trinajstić information content (AvgIpc) is 2.47. The van der Waals surface area contributed by atoms with E-state index in [0.717, 1.165) is 37.8 Å². The fourth-order valence-corrected chi connectivity index (χ4v) is 3.05. The molecule has 1 atom stereocenters. The predicted molar refractivity (Wildman–Crippen MR) is 82.5 cm³/mol. The SMILES string of the molecule is C[C@@H](NC(=O)C1CCC(CN)CC1)c1cccc(Cl)c1. The van der Waals surface area contributed by atoms with Gasteiger partial charge < -0.3 is 11.1 Å². The third kappa shape index (κ3) is 3.97. The molecule has 0 aromatic heterocycles. The van der Waals surface area contributed by atoms with Gasteiger partial charge in [0, 0.05) is 10.9 Å². The van der Waals surface area contributed by atoms with Gasteiger partial charge in [-0.1, -0.05) is 23.7 Å². The van der Waals surface area contributed by atoms with Gasteiger partial charge in [-0.25, -0.2) is 0 Å². The van der Waals surface area contributed by atoms with E-state index in [0.29, 0.717) is 10.9 Å². The molecule has 0 bridgehead atoms. The molecule has 2 rings (SSSR count). The Morgan fingerprint density at radius 3 is 2.70 bits per heavy atom. The summed E-state index contributed by atoms with van der Waals surface area (Å²) in [7, 11) is 0. The van der Waals surface area contributed by atoms with Crippen LogP contribution in [-0.2, 0) is 4.79 Å². The van der Waals surface area contributed by atoms with Crippen molar-refractivity contribution < 1.29 is 4.79 Å². The summed E-state index contributed by atoms with van der Waals surface area (Å²) in [5.41, 5.74) is 6.73. The molecule has 0 aliphatic heterocycles. The predicted octanol–water partition coefficient (Wildman–Crippen LogP) is 3.28. The lowest BCUT2D eigenvalue weighted by Crippen LogP contribution is -2.35. The Morgan fingerprint density at radius 2 is 2.10 bits per heavy atom. The summed E-state index contributed by atoms with van der Waals surface area (Å²) in [5, 5.41) is 3.80. The summed E-state index contributed by atoms with van der Waals surface area (Å²) < 4.78 is 0. The van der Waals surface area contributed by atoms with E-state index in [-0.39, 0.29) is 17.9 Å². The largest absolute Gasteiger partial charge is 0.349 e. The molecular formula is C16H23ClN2O. The highest BCUT2D eigenvalue weighted by Gasteiger charge is 2.26. The van der Waals surface area contributed by atoms with Crippen LogP contribution in [0.5, 0.6) is 0 Å². The average molecular weight is 295 g/mol. The minimum Gasteiger partial charge on any atom is -0.349 e. The van der Waals surface area contributed by atoms with Gasteiger partial charge in [-0.05, 0) is 62.8 Å². The van der Waals surface area contributed by atoms with Crippen molar-refractivity contribution in [3.63, 3.8) is 0 Å². The number of amides is 1. The monoisotopic (exact) mass is 294 g/mol. The van der Waals surface area contributed by atoms with E-state index in [1.54, 1.807) is 0 Å². The fourth-order valence-electron chi connectivity index (χ4n) is 2.85. The minimum atomic E-state index is -0.00608. The lowest BCUT2D eigenvalue weighted by atomic mass is 9.81. The van der Waals surface area contributed by atoms with Crippen molar-refractivity contribution in [2.75, 3.05) is 6.54 Å². The summed E-state index contributed by atoms with van der Waals surface area (Å²) in [6, 6.07) is 7.63. The van der Waals surface area contributed by atoms with E-state index in [1.807, 2.05) is 31.2 Å². The van der Waals surface area contributed by atoms with E-state index in [2.05, 4.69) is 5.32 Å². The zero-order valence-electron chi connectivity index (χ0n) is 11.9. The summed E-state index contributed by atoms with van der Waals surface area (Å²) in [6.45, 7) is 2.74. The summed E-state index contributed by atoms with van der Waals surface area (Å²) in [6.07, 6.45) is 4.05. The van der Waals surface area contributed by atoms with Crippen LogP contribution in [-0.4, -0.2) is 12.5 Å². The topological polar surface area (TPSA) is 55.1 Å². The number of carbonyl (C=O) groups is 1. The molecule has 3 nitrogen and oxygen atoms in total. The van der Waals surface area contributed by atoms with Gasteiger partial charge in [-0.2, -0.15) is 0 Å². The molecule has 110 valence electrons. The number of rotatable bonds is 4. The number of carbonyl (C=O) groups excluding carboxylic acids is 1. The summed E-state index contributed by atoms with van der Waals surface area (Å²) in [4.78, 5) is 12.3. The van der Waals surface area contributed by atoms with Gasteiger partial charge in [-0.15, -0.1) is 0 Å². The van der Waals surface area contributed by atoms with Gasteiger partial charge in [0.1, 0.15) is 0 Å². The smallest absolute Gasteiger partial charge is 0.223 e. The third-order valence-corrected chi connectivity index (χ3v) is 4.49. The van der Waals surface area contributed by atoms with Crippen molar-refractivity contribution in [2.45, 2.75) is 38.6 Å². The van der Waals surface area contributed by atoms with Gasteiger partial charge in [0.25, 0.3) is 0 Å². The standard InChI is InChI=1S/C16H23ClN2O/c1-11(14-3-2-4-15(17)9-14)19-16(20)13-7-5-12(10-18)6-8-13/h2-4,9,11-13H,5-8,10,18H2,1H3,(H,19,20)/t11-,12?,13?/m1/s1. The van der Waals surface area contributed by atoms with E-state index in [4.69, 9.17) is 17.3 Å². The van der Waals surface area contributed by atoms with Crippen LogP contribution in [0.4, 0.5) is 0 Å². The Labute approximate surface area is 125 Å². The first kappa shape index (κ1) is 15.3. The molecule has 20 heavy (non-hydrogen) atoms. The van der Waals surface area contributed by atoms with Crippen LogP contribution in [0.2, 0.25) is 5.02 Å². The highest BCUT2D eigenvalue weighted by molar-refractivity contribution is 6.30. The summed E-state index contributed by atoms with van der Waals surface area (Å²) >= 11 is 5.98. The van der Waals surface area contributed by atoms with Crippen molar-refractivity contribution in [2.24, 2.45) is 17.6 Å². The molecule has 1 aromatic rings. The first-order valence-electron chi connectivity index (χ1n) is 7.36. The second-order valence-corrected chi connectivity index (χ2v) is 6.18. The molecule has 0 radical (unpaired) electrons. The molecule has 0 unspecified atom stereocenters. The molecule has 1 amide bonds. The minimum absolute atomic E-state index is 0.00608. The number of hydrogen-bond acceptors (Lipinski definition) is 2. The Morgan fingerprint density at radius 1 is 1.40 bits per heavy atom. The second-order valence-electron chi connectivity index (χ2n) is 5.74. The zero-order chi connectivity index (χ0) is 14.5. The van der Waals surface area contributed by atoms with Crippen molar-refractivity contribution in [3.05, 3.63) is 34.9 Å². The maximum atomic E-state index is 12.3. The van der Waals surface area contributed by atoms with Crippen LogP contribution in [0.1, 0.15) is 44.2 Å². The van der Waals surface area contributed by atoms with E-state index in [1.165, 1.54) is 0 Å². The Balaban J connectivity index is 1.88. The van der Waals surface area contributed by atoms with Gasteiger partial charge in [-0.3, -0.25) is 4.79 Å². The third-order valence-electron chi connectivity index (χ3n) is 4.26. The van der Waals surface area contributed by atoms with Crippen LogP contribution in [0.25, 0.3) is 0 Å². The van der Waals surface area contributed by atoms with Gasteiger partial charge >= 0.3 is 0 Å². The number of hydrogen-bond donors (Lipinski definition) is 2. The van der Waals surface area contributed by atoms with Crippen molar-refractivity contribution in [3.8, 4) is 0 Å². The number of nitrogens with one attached hydrogen (secondary N) is 1. The van der Waals surface area contributed by atoms with Crippen molar-refractivity contribution in [1.82, 2.24) is 5.32 Å². The zero-order valence-corrected chi connectivity index (χ0v) is 12.7. The van der Waals surface area contributed by atoms with Crippen LogP contribution < -0.4 is 11.1 Å². The Kier molecular flexibility index (Phi) is 5.44. The van der Waals surface area contributed by atoms with E-state index >= 15 is 0 Å². The van der Waals surface area contributed by atoms with Crippen molar-refractivity contribution in [1.29, 1.82) is 0 Å². The van der Waals surface area contributed by atoms with Gasteiger partial charge in [0.2, 0.25) is 5.91 Å². The highest BCUT2D eigenvalue weighted by Crippen LogP contribution is 2.29. The van der Waals surface area contributed by atoms with Crippen LogP contribution in [0.3, 0.4) is 0 Å². The number of benzene rings is 1. The maximum absolute atomic E-state index is 12.3. The number of halogens is 1. The lowest BCUT2D eigenvalue weighted by Gasteiger charge is -2.28. The van der Waals surface area contributed by atoms with Crippen LogP contribution >= 0.6 is 11.6 Å². The van der Waals surface area contributed by atoms with Crippen molar-refractivity contribution >= 4 is 17.5 Å². The second kappa shape index (κ2) is 7.09. The molecule has 0 saturated heterocycles. The normalized spacial score (nSPS) is 24.1.